The molecule has 0 aliphatic heterocycles. The summed E-state index contributed by atoms with van der Waals surface area (Å²) in [5, 5.41) is 7.45. The highest BCUT2D eigenvalue weighted by Gasteiger charge is 2.23. The largest absolute Gasteiger partial charge is 0.492 e. The summed E-state index contributed by atoms with van der Waals surface area (Å²) in [6.07, 6.45) is 0. The van der Waals surface area contributed by atoms with Gasteiger partial charge in [-0.25, -0.2) is 0 Å². The molecule has 1 amide bonds. The van der Waals surface area contributed by atoms with Crippen LogP contribution in [0.4, 0.5) is 10.7 Å². The molecule has 3 N–H and O–H groups in total. The molecule has 0 atom stereocenters. The zero-order valence-corrected chi connectivity index (χ0v) is 13.1. The fourth-order valence-electron chi connectivity index (χ4n) is 1.68. The highest BCUT2D eigenvalue weighted by molar-refractivity contribution is 7.19. The molecule has 0 radical (unpaired) electrons. The van der Waals surface area contributed by atoms with E-state index in [9.17, 15) is 4.79 Å². The molecule has 0 unspecified atom stereocenters. The van der Waals surface area contributed by atoms with E-state index in [2.05, 4.69) is 15.5 Å². The predicted octanol–water partition coefficient (Wildman–Crippen LogP) is 1.34. The van der Waals surface area contributed by atoms with E-state index >= 15 is 0 Å². The van der Waals surface area contributed by atoms with Gasteiger partial charge in [-0.2, -0.15) is 4.98 Å². The normalized spacial score (nSPS) is 10.5. The molecule has 0 spiro atoms. The van der Waals surface area contributed by atoms with Gasteiger partial charge in [0.15, 0.2) is 11.6 Å². The Labute approximate surface area is 125 Å². The molecule has 2 aromatic rings. The number of amides is 1. The first-order valence-corrected chi connectivity index (χ1v) is 6.96. The zero-order chi connectivity index (χ0) is 15.6. The molecular formula is C12H17N5O3S. The van der Waals surface area contributed by atoms with Crippen molar-refractivity contribution in [1.82, 2.24) is 15.0 Å². The number of nitrogens with two attached hydrogens (primary N) is 1. The molecule has 114 valence electrons. The monoisotopic (exact) mass is 311 g/mol. The van der Waals surface area contributed by atoms with Gasteiger partial charge in [0.25, 0.3) is 5.91 Å². The molecule has 0 fully saturated rings. The Hall–Kier alpha value is -2.29. The Morgan fingerprint density at radius 1 is 1.52 bits per heavy atom. The Morgan fingerprint density at radius 3 is 2.76 bits per heavy atom. The molecule has 8 nitrogen and oxygen atoms in total. The lowest BCUT2D eigenvalue weighted by Crippen LogP contribution is -2.21. The van der Waals surface area contributed by atoms with Gasteiger partial charge in [-0.15, -0.1) is 11.3 Å². The van der Waals surface area contributed by atoms with Gasteiger partial charge >= 0.3 is 0 Å². The van der Waals surface area contributed by atoms with Crippen molar-refractivity contribution in [2.75, 3.05) is 32.3 Å². The lowest BCUT2D eigenvalue weighted by molar-refractivity contribution is 0.0833. The van der Waals surface area contributed by atoms with Crippen molar-refractivity contribution in [3.05, 3.63) is 16.6 Å². The van der Waals surface area contributed by atoms with E-state index in [1.54, 1.807) is 21.0 Å². The molecule has 2 aromatic heterocycles. The van der Waals surface area contributed by atoms with Gasteiger partial charge in [0.2, 0.25) is 5.89 Å². The quantitative estimate of drug-likeness (QED) is 0.858. The molecule has 0 aliphatic rings. The standard InChI is InChI=1S/C12H17N5O3S/c1-6-15-7(20-16-6)5-14-11-9(19-4)8(13)10(21-11)12(18)17(2)3/h14H,5,13H2,1-4H3. The first-order chi connectivity index (χ1) is 9.93. The Kier molecular flexibility index (Phi) is 4.32. The first kappa shape index (κ1) is 15.1. The van der Waals surface area contributed by atoms with Gasteiger partial charge < -0.3 is 25.2 Å². The van der Waals surface area contributed by atoms with Crippen LogP contribution in [-0.2, 0) is 6.54 Å². The number of nitrogens with one attached hydrogen (secondary N) is 1. The molecule has 0 aliphatic carbocycles. The summed E-state index contributed by atoms with van der Waals surface area (Å²) in [7, 11) is 4.84. The number of methoxy groups -OCH3 is 1. The second kappa shape index (κ2) is 6.00. The van der Waals surface area contributed by atoms with Gasteiger partial charge in [0.05, 0.1) is 13.7 Å². The van der Waals surface area contributed by atoms with E-state index in [1.807, 2.05) is 0 Å². The van der Waals surface area contributed by atoms with Crippen LogP contribution in [0.5, 0.6) is 5.75 Å². The maximum absolute atomic E-state index is 12.1. The van der Waals surface area contributed by atoms with Crippen LogP contribution in [0.15, 0.2) is 4.52 Å². The third-order valence-corrected chi connectivity index (χ3v) is 3.81. The smallest absolute Gasteiger partial charge is 0.265 e. The van der Waals surface area contributed by atoms with Crippen molar-refractivity contribution in [2.24, 2.45) is 0 Å². The average molecular weight is 311 g/mol. The van der Waals surface area contributed by atoms with E-state index in [0.717, 1.165) is 0 Å². The Morgan fingerprint density at radius 2 is 2.24 bits per heavy atom. The SMILES string of the molecule is COc1c(NCc2nc(C)no2)sc(C(=O)N(C)C)c1N. The number of aryl methyl sites for hydroxylation is 1. The minimum absolute atomic E-state index is 0.169. The topological polar surface area (TPSA) is 107 Å². The second-order valence-electron chi connectivity index (χ2n) is 4.50. The van der Waals surface area contributed by atoms with E-state index in [1.165, 1.54) is 23.3 Å². The van der Waals surface area contributed by atoms with Crippen molar-refractivity contribution in [3.63, 3.8) is 0 Å². The van der Waals surface area contributed by atoms with Gasteiger partial charge in [-0.05, 0) is 6.92 Å². The van der Waals surface area contributed by atoms with Gasteiger partial charge in [-0.3, -0.25) is 4.79 Å². The zero-order valence-electron chi connectivity index (χ0n) is 12.3. The van der Waals surface area contributed by atoms with E-state index in [4.69, 9.17) is 15.0 Å². The average Bonchev–Trinajstić information content (AvgIpc) is 2.99. The Bertz CT molecular complexity index is 649. The Balaban J connectivity index is 2.22. The number of anilines is 2. The van der Waals surface area contributed by atoms with E-state index in [-0.39, 0.29) is 5.91 Å². The molecule has 2 heterocycles. The summed E-state index contributed by atoms with van der Waals surface area (Å²) < 4.78 is 10.3. The molecule has 21 heavy (non-hydrogen) atoms. The number of ether oxygens (including phenoxy) is 1. The molecule has 0 saturated carbocycles. The summed E-state index contributed by atoms with van der Waals surface area (Å²) in [5.41, 5.74) is 6.30. The predicted molar refractivity (Wildman–Crippen MR) is 79.7 cm³/mol. The molecular weight excluding hydrogens is 294 g/mol. The lowest BCUT2D eigenvalue weighted by Gasteiger charge is -2.08. The van der Waals surface area contributed by atoms with Crippen molar-refractivity contribution >= 4 is 27.9 Å². The number of carbonyl (C=O) groups is 1. The van der Waals surface area contributed by atoms with Crippen LogP contribution in [-0.4, -0.2) is 42.2 Å². The van der Waals surface area contributed by atoms with Crippen molar-refractivity contribution in [2.45, 2.75) is 13.5 Å². The van der Waals surface area contributed by atoms with E-state index in [0.29, 0.717) is 39.6 Å². The molecule has 0 aromatic carbocycles. The van der Waals surface area contributed by atoms with Gasteiger partial charge in [-0.1, -0.05) is 5.16 Å². The van der Waals surface area contributed by atoms with Crippen molar-refractivity contribution in [1.29, 1.82) is 0 Å². The number of aromatic nitrogens is 2. The highest BCUT2D eigenvalue weighted by Crippen LogP contribution is 2.42. The van der Waals surface area contributed by atoms with Crippen molar-refractivity contribution < 1.29 is 14.1 Å². The molecule has 2 rings (SSSR count). The molecule has 0 saturated heterocycles. The number of nitrogens with zero attached hydrogens (tertiary/aromatic N) is 3. The van der Waals surface area contributed by atoms with Crippen LogP contribution < -0.4 is 15.8 Å². The van der Waals surface area contributed by atoms with Crippen LogP contribution in [0.2, 0.25) is 0 Å². The minimum atomic E-state index is -0.169. The highest BCUT2D eigenvalue weighted by atomic mass is 32.1. The van der Waals surface area contributed by atoms with Crippen LogP contribution >= 0.6 is 11.3 Å². The van der Waals surface area contributed by atoms with E-state index < -0.39 is 0 Å². The lowest BCUT2D eigenvalue weighted by atomic mass is 10.3. The summed E-state index contributed by atoms with van der Waals surface area (Å²) in [4.78, 5) is 18.0. The summed E-state index contributed by atoms with van der Waals surface area (Å²) >= 11 is 1.23. The summed E-state index contributed by atoms with van der Waals surface area (Å²) in [6.45, 7) is 2.07. The number of hydrogen-bond donors (Lipinski definition) is 2. The second-order valence-corrected chi connectivity index (χ2v) is 5.52. The van der Waals surface area contributed by atoms with Crippen LogP contribution in [0, 0.1) is 6.92 Å². The van der Waals surface area contributed by atoms with Crippen LogP contribution in [0.3, 0.4) is 0 Å². The van der Waals surface area contributed by atoms with Crippen LogP contribution in [0.25, 0.3) is 0 Å². The fraction of sp³-hybridized carbons (Fsp3) is 0.417. The maximum atomic E-state index is 12.1. The molecule has 0 bridgehead atoms. The third kappa shape index (κ3) is 3.07. The maximum Gasteiger partial charge on any atom is 0.265 e. The number of thiophene rings is 1. The number of rotatable bonds is 5. The first-order valence-electron chi connectivity index (χ1n) is 6.15. The summed E-state index contributed by atoms with van der Waals surface area (Å²) in [6, 6.07) is 0. The number of hydrogen-bond acceptors (Lipinski definition) is 8. The molecule has 9 heteroatoms. The van der Waals surface area contributed by atoms with Crippen molar-refractivity contribution in [3.8, 4) is 5.75 Å². The van der Waals surface area contributed by atoms with Gasteiger partial charge in [0, 0.05) is 14.1 Å². The number of carbonyl (C=O) groups excluding carboxylic acids is 1. The van der Waals surface area contributed by atoms with Gasteiger partial charge in [0.1, 0.15) is 15.6 Å². The minimum Gasteiger partial charge on any atom is -0.492 e. The number of nitrogen functional groups attached to an aromatic ring is 1. The fourth-order valence-corrected chi connectivity index (χ4v) is 2.78. The third-order valence-electron chi connectivity index (χ3n) is 2.67. The summed E-state index contributed by atoms with van der Waals surface area (Å²) in [5.74, 6) is 1.29. The van der Waals surface area contributed by atoms with Crippen LogP contribution in [0.1, 0.15) is 21.4 Å².